The maximum atomic E-state index is 11.7. The first-order valence-electron chi connectivity index (χ1n) is 5.29. The van der Waals surface area contributed by atoms with Crippen LogP contribution in [0.2, 0.25) is 0 Å². The van der Waals surface area contributed by atoms with Crippen LogP contribution in [0.3, 0.4) is 0 Å². The minimum absolute atomic E-state index is 0.0194. The van der Waals surface area contributed by atoms with Gasteiger partial charge in [0.2, 0.25) is 0 Å². The van der Waals surface area contributed by atoms with E-state index in [-0.39, 0.29) is 11.9 Å². The zero-order valence-electron chi connectivity index (χ0n) is 9.25. The van der Waals surface area contributed by atoms with Crippen LogP contribution in [0.5, 0.6) is 0 Å². The molecule has 15 heavy (non-hydrogen) atoms. The van der Waals surface area contributed by atoms with Gasteiger partial charge < -0.3 is 15.5 Å². The number of amides is 1. The van der Waals surface area contributed by atoms with Crippen LogP contribution in [0.15, 0.2) is 16.7 Å². The van der Waals surface area contributed by atoms with Crippen LogP contribution in [0.1, 0.15) is 36.4 Å². The minimum Gasteiger partial charge on any atom is -0.469 e. The highest BCUT2D eigenvalue weighted by Crippen LogP contribution is 2.10. The summed E-state index contributed by atoms with van der Waals surface area (Å²) in [4.78, 5) is 11.7. The van der Waals surface area contributed by atoms with E-state index in [2.05, 4.69) is 5.32 Å². The lowest BCUT2D eigenvalue weighted by molar-refractivity contribution is 0.0949. The molecule has 4 nitrogen and oxygen atoms in total. The summed E-state index contributed by atoms with van der Waals surface area (Å²) < 4.78 is 5.18. The fourth-order valence-corrected chi connectivity index (χ4v) is 1.28. The summed E-state index contributed by atoms with van der Waals surface area (Å²) in [5.74, 6) is 0.613. The Balaban J connectivity index is 2.54. The van der Waals surface area contributed by atoms with Crippen molar-refractivity contribution < 1.29 is 9.21 Å². The summed E-state index contributed by atoms with van der Waals surface area (Å²) in [6.45, 7) is 4.45. The Morgan fingerprint density at radius 1 is 1.60 bits per heavy atom. The van der Waals surface area contributed by atoms with Crippen LogP contribution in [0.4, 0.5) is 0 Å². The van der Waals surface area contributed by atoms with E-state index in [0.29, 0.717) is 12.1 Å². The van der Waals surface area contributed by atoms with Gasteiger partial charge in [0.25, 0.3) is 5.91 Å². The van der Waals surface area contributed by atoms with Crippen LogP contribution in [0.25, 0.3) is 0 Å². The molecule has 1 heterocycles. The third kappa shape index (κ3) is 3.09. The van der Waals surface area contributed by atoms with E-state index in [4.69, 9.17) is 10.2 Å². The summed E-state index contributed by atoms with van der Waals surface area (Å²) in [7, 11) is 0. The molecule has 1 unspecified atom stereocenters. The van der Waals surface area contributed by atoms with E-state index in [9.17, 15) is 4.79 Å². The first kappa shape index (κ1) is 11.8. The van der Waals surface area contributed by atoms with Gasteiger partial charge in [0.05, 0.1) is 11.8 Å². The molecule has 1 amide bonds. The molecule has 3 N–H and O–H groups in total. The lowest BCUT2D eigenvalue weighted by atomic mass is 10.2. The fourth-order valence-electron chi connectivity index (χ4n) is 1.28. The van der Waals surface area contributed by atoms with Gasteiger partial charge in [-0.1, -0.05) is 13.8 Å². The van der Waals surface area contributed by atoms with Gasteiger partial charge in [0.15, 0.2) is 0 Å². The highest BCUT2D eigenvalue weighted by Gasteiger charge is 2.13. The number of nitrogens with two attached hydrogens (primary N) is 1. The Bertz CT molecular complexity index is 320. The van der Waals surface area contributed by atoms with E-state index >= 15 is 0 Å². The van der Waals surface area contributed by atoms with Gasteiger partial charge in [-0.25, -0.2) is 0 Å². The van der Waals surface area contributed by atoms with Crippen molar-refractivity contribution in [3.8, 4) is 0 Å². The molecule has 4 heteroatoms. The van der Waals surface area contributed by atoms with Crippen LogP contribution in [-0.2, 0) is 6.42 Å². The largest absolute Gasteiger partial charge is 0.469 e. The van der Waals surface area contributed by atoms with Gasteiger partial charge in [-0.2, -0.15) is 0 Å². The van der Waals surface area contributed by atoms with E-state index in [0.717, 1.165) is 18.6 Å². The van der Waals surface area contributed by atoms with Gasteiger partial charge in [0.1, 0.15) is 5.76 Å². The van der Waals surface area contributed by atoms with Crippen molar-refractivity contribution in [2.24, 2.45) is 5.73 Å². The van der Waals surface area contributed by atoms with E-state index < -0.39 is 0 Å². The first-order valence-corrected chi connectivity index (χ1v) is 5.29. The van der Waals surface area contributed by atoms with E-state index in [1.165, 1.54) is 6.26 Å². The first-order chi connectivity index (χ1) is 7.19. The summed E-state index contributed by atoms with van der Waals surface area (Å²) in [6, 6.07) is 1.71. The van der Waals surface area contributed by atoms with Gasteiger partial charge in [-0.05, 0) is 12.5 Å². The number of carbonyl (C=O) groups is 1. The Morgan fingerprint density at radius 2 is 2.33 bits per heavy atom. The average molecular weight is 210 g/mol. The quantitative estimate of drug-likeness (QED) is 0.770. The molecule has 84 valence electrons. The Morgan fingerprint density at radius 3 is 2.93 bits per heavy atom. The van der Waals surface area contributed by atoms with Gasteiger partial charge in [0, 0.05) is 19.0 Å². The highest BCUT2D eigenvalue weighted by molar-refractivity contribution is 5.95. The third-order valence-corrected chi connectivity index (χ3v) is 2.36. The lowest BCUT2D eigenvalue weighted by Gasteiger charge is -2.09. The predicted octanol–water partition coefficient (Wildman–Crippen LogP) is 1.31. The smallest absolute Gasteiger partial charge is 0.254 e. The van der Waals surface area contributed by atoms with Crippen LogP contribution in [0, 0.1) is 0 Å². The van der Waals surface area contributed by atoms with Crippen LogP contribution in [-0.4, -0.2) is 18.5 Å². The number of furan rings is 1. The fraction of sp³-hybridized carbons (Fsp3) is 0.545. The maximum Gasteiger partial charge on any atom is 0.254 e. The van der Waals surface area contributed by atoms with Crippen molar-refractivity contribution in [2.75, 3.05) is 6.54 Å². The van der Waals surface area contributed by atoms with Crippen molar-refractivity contribution in [3.05, 3.63) is 23.7 Å². The Kier molecular flexibility index (Phi) is 4.37. The number of hydrogen-bond donors (Lipinski definition) is 2. The SMILES string of the molecule is CCc1occc1C(=O)NCC(N)CC. The molecule has 0 aliphatic rings. The summed E-state index contributed by atoms with van der Waals surface area (Å²) in [5, 5.41) is 2.79. The van der Waals surface area contributed by atoms with Crippen molar-refractivity contribution in [1.82, 2.24) is 5.32 Å². The van der Waals surface area contributed by atoms with Gasteiger partial charge >= 0.3 is 0 Å². The molecule has 1 atom stereocenters. The molecule has 0 saturated carbocycles. The summed E-state index contributed by atoms with van der Waals surface area (Å²) in [6.07, 6.45) is 3.11. The highest BCUT2D eigenvalue weighted by atomic mass is 16.3. The molecule has 0 bridgehead atoms. The molecular weight excluding hydrogens is 192 g/mol. The monoisotopic (exact) mass is 210 g/mol. The molecule has 0 fully saturated rings. The van der Waals surface area contributed by atoms with E-state index in [1.807, 2.05) is 13.8 Å². The zero-order valence-corrected chi connectivity index (χ0v) is 9.25. The number of aryl methyl sites for hydroxylation is 1. The maximum absolute atomic E-state index is 11.7. The molecule has 0 saturated heterocycles. The molecule has 0 aromatic carbocycles. The second-order valence-corrected chi connectivity index (χ2v) is 3.49. The van der Waals surface area contributed by atoms with Crippen molar-refractivity contribution >= 4 is 5.91 Å². The Labute approximate surface area is 89.8 Å². The number of hydrogen-bond acceptors (Lipinski definition) is 3. The Hall–Kier alpha value is -1.29. The van der Waals surface area contributed by atoms with Crippen molar-refractivity contribution in [2.45, 2.75) is 32.7 Å². The molecule has 0 spiro atoms. The van der Waals surface area contributed by atoms with E-state index in [1.54, 1.807) is 6.07 Å². The molecule has 1 aromatic heterocycles. The second-order valence-electron chi connectivity index (χ2n) is 3.49. The molecule has 0 aliphatic heterocycles. The molecular formula is C11H18N2O2. The lowest BCUT2D eigenvalue weighted by Crippen LogP contribution is -2.36. The second kappa shape index (κ2) is 5.56. The number of nitrogens with one attached hydrogen (secondary N) is 1. The topological polar surface area (TPSA) is 68.3 Å². The average Bonchev–Trinajstić information content (AvgIpc) is 2.73. The van der Waals surface area contributed by atoms with Crippen LogP contribution >= 0.6 is 0 Å². The normalized spacial score (nSPS) is 12.5. The standard InChI is InChI=1S/C11H18N2O2/c1-3-8(12)7-13-11(14)9-5-6-15-10(9)4-2/h5-6,8H,3-4,7,12H2,1-2H3,(H,13,14). The predicted molar refractivity (Wildman–Crippen MR) is 58.7 cm³/mol. The summed E-state index contributed by atoms with van der Waals surface area (Å²) >= 11 is 0. The minimum atomic E-state index is -0.107. The van der Waals surface area contributed by atoms with Gasteiger partial charge in [-0.3, -0.25) is 4.79 Å². The van der Waals surface area contributed by atoms with Crippen molar-refractivity contribution in [1.29, 1.82) is 0 Å². The summed E-state index contributed by atoms with van der Waals surface area (Å²) in [5.41, 5.74) is 6.32. The van der Waals surface area contributed by atoms with Crippen LogP contribution < -0.4 is 11.1 Å². The molecule has 1 aromatic rings. The molecule has 1 rings (SSSR count). The third-order valence-electron chi connectivity index (χ3n) is 2.36. The zero-order chi connectivity index (χ0) is 11.3. The van der Waals surface area contributed by atoms with Crippen molar-refractivity contribution in [3.63, 3.8) is 0 Å². The molecule has 0 aliphatic carbocycles. The molecule has 0 radical (unpaired) electrons. The van der Waals surface area contributed by atoms with Gasteiger partial charge in [-0.15, -0.1) is 0 Å². The number of rotatable bonds is 5. The number of carbonyl (C=O) groups excluding carboxylic acids is 1.